The molecule has 28 heavy (non-hydrogen) atoms. The smallest absolute Gasteiger partial charge is 0.322 e. The zero-order valence-corrected chi connectivity index (χ0v) is 16.8. The highest BCUT2D eigenvalue weighted by atomic mass is 16.2. The van der Waals surface area contributed by atoms with E-state index >= 15 is 0 Å². The average Bonchev–Trinajstić information content (AvgIpc) is 3.14. The summed E-state index contributed by atoms with van der Waals surface area (Å²) in [5.41, 5.74) is 4.55. The van der Waals surface area contributed by atoms with Crippen LogP contribution in [0.2, 0.25) is 0 Å². The molecule has 4 heteroatoms. The molecule has 0 unspecified atom stereocenters. The third-order valence-electron chi connectivity index (χ3n) is 4.97. The summed E-state index contributed by atoms with van der Waals surface area (Å²) in [4.78, 5) is 14.8. The third-order valence-corrected chi connectivity index (χ3v) is 4.97. The molecular weight excluding hydrogens is 346 g/mol. The Balaban J connectivity index is 1.73. The van der Waals surface area contributed by atoms with Gasteiger partial charge in [0.05, 0.1) is 6.54 Å². The molecule has 0 aliphatic heterocycles. The lowest BCUT2D eigenvalue weighted by Crippen LogP contribution is -2.36. The van der Waals surface area contributed by atoms with Crippen LogP contribution in [0.5, 0.6) is 0 Å². The Bertz CT molecular complexity index is 886. The Labute approximate surface area is 167 Å². The first-order valence-electron chi connectivity index (χ1n) is 9.97. The van der Waals surface area contributed by atoms with Crippen molar-refractivity contribution in [2.45, 2.75) is 39.8 Å². The molecular formula is C24H29N3O. The van der Waals surface area contributed by atoms with E-state index in [1.54, 1.807) is 0 Å². The molecule has 0 bridgehead atoms. The molecule has 0 saturated heterocycles. The molecule has 0 atom stereocenters. The van der Waals surface area contributed by atoms with Crippen molar-refractivity contribution in [3.05, 3.63) is 89.7 Å². The van der Waals surface area contributed by atoms with Crippen LogP contribution in [0.1, 0.15) is 36.6 Å². The second kappa shape index (κ2) is 9.79. The summed E-state index contributed by atoms with van der Waals surface area (Å²) >= 11 is 0. The molecule has 146 valence electrons. The van der Waals surface area contributed by atoms with E-state index in [9.17, 15) is 4.79 Å². The summed E-state index contributed by atoms with van der Waals surface area (Å²) in [5, 5.41) is 3.02. The van der Waals surface area contributed by atoms with Gasteiger partial charge >= 0.3 is 6.03 Å². The molecule has 2 amide bonds. The maximum atomic E-state index is 12.9. The van der Waals surface area contributed by atoms with Gasteiger partial charge in [-0.2, -0.15) is 0 Å². The zero-order chi connectivity index (χ0) is 19.8. The van der Waals surface area contributed by atoms with Gasteiger partial charge < -0.3 is 14.8 Å². The summed E-state index contributed by atoms with van der Waals surface area (Å²) in [7, 11) is 0. The first-order chi connectivity index (χ1) is 13.7. The van der Waals surface area contributed by atoms with Crippen LogP contribution in [0.25, 0.3) is 0 Å². The molecule has 0 aliphatic carbocycles. The Morgan fingerprint density at radius 3 is 2.50 bits per heavy atom. The highest BCUT2D eigenvalue weighted by molar-refractivity contribution is 5.89. The Morgan fingerprint density at radius 2 is 1.75 bits per heavy atom. The van der Waals surface area contributed by atoms with Crippen LogP contribution < -0.4 is 5.32 Å². The number of anilines is 1. The lowest BCUT2D eigenvalue weighted by molar-refractivity contribution is 0.207. The highest BCUT2D eigenvalue weighted by Crippen LogP contribution is 2.15. The first-order valence-corrected chi connectivity index (χ1v) is 9.97. The topological polar surface area (TPSA) is 37.3 Å². The number of aryl methyl sites for hydroxylation is 1. The van der Waals surface area contributed by atoms with Crippen molar-refractivity contribution >= 4 is 11.7 Å². The van der Waals surface area contributed by atoms with Crippen molar-refractivity contribution in [2.75, 3.05) is 11.9 Å². The number of benzene rings is 2. The molecule has 3 aromatic rings. The summed E-state index contributed by atoms with van der Waals surface area (Å²) in [5.74, 6) is 0. The molecule has 1 heterocycles. The number of rotatable bonds is 8. The van der Waals surface area contributed by atoms with Gasteiger partial charge in [0, 0.05) is 30.7 Å². The number of amides is 2. The molecule has 2 aromatic carbocycles. The number of carbonyl (C=O) groups excluding carboxylic acids is 1. The monoisotopic (exact) mass is 375 g/mol. The van der Waals surface area contributed by atoms with Crippen molar-refractivity contribution in [3.8, 4) is 0 Å². The molecule has 0 saturated carbocycles. The number of unbranched alkanes of at least 4 members (excludes halogenated alkanes) is 1. The van der Waals surface area contributed by atoms with E-state index in [1.165, 1.54) is 11.1 Å². The third kappa shape index (κ3) is 5.26. The van der Waals surface area contributed by atoms with E-state index in [0.29, 0.717) is 6.54 Å². The van der Waals surface area contributed by atoms with E-state index in [-0.39, 0.29) is 6.03 Å². The van der Waals surface area contributed by atoms with E-state index in [1.807, 2.05) is 35.2 Å². The lowest BCUT2D eigenvalue weighted by atomic mass is 10.1. The van der Waals surface area contributed by atoms with Crippen LogP contribution in [0.3, 0.4) is 0 Å². The Morgan fingerprint density at radius 1 is 1.00 bits per heavy atom. The van der Waals surface area contributed by atoms with Crippen molar-refractivity contribution in [1.82, 2.24) is 9.47 Å². The number of para-hydroxylation sites is 1. The van der Waals surface area contributed by atoms with Gasteiger partial charge in [0.25, 0.3) is 0 Å². The standard InChI is InChI=1S/C24H29N3O/c1-3-4-16-27(24(28)25-22-13-6-5-7-14-22)19-23-15-10-17-26(23)18-21-12-9-8-11-20(21)2/h5-15,17H,3-4,16,18-19H2,1-2H3,(H,25,28). The number of nitrogens with zero attached hydrogens (tertiary/aromatic N) is 2. The van der Waals surface area contributed by atoms with Crippen molar-refractivity contribution in [2.24, 2.45) is 0 Å². The van der Waals surface area contributed by atoms with Crippen molar-refractivity contribution in [1.29, 1.82) is 0 Å². The largest absolute Gasteiger partial charge is 0.345 e. The molecule has 1 N–H and O–H groups in total. The molecule has 0 aliphatic rings. The first kappa shape index (κ1) is 19.7. The number of aromatic nitrogens is 1. The predicted octanol–water partition coefficient (Wildman–Crippen LogP) is 5.68. The van der Waals surface area contributed by atoms with Gasteiger partial charge in [-0.3, -0.25) is 0 Å². The van der Waals surface area contributed by atoms with Gasteiger partial charge in [0.2, 0.25) is 0 Å². The van der Waals surface area contributed by atoms with Crippen molar-refractivity contribution in [3.63, 3.8) is 0 Å². The van der Waals surface area contributed by atoms with Crippen LogP contribution in [0, 0.1) is 6.92 Å². The fraction of sp³-hybridized carbons (Fsp3) is 0.292. The van der Waals surface area contributed by atoms with Crippen LogP contribution in [-0.4, -0.2) is 22.0 Å². The average molecular weight is 376 g/mol. The Hall–Kier alpha value is -3.01. The van der Waals surface area contributed by atoms with Gasteiger partial charge in [0.15, 0.2) is 0 Å². The molecule has 1 aromatic heterocycles. The Kier molecular flexibility index (Phi) is 6.90. The summed E-state index contributed by atoms with van der Waals surface area (Å²) < 4.78 is 2.23. The van der Waals surface area contributed by atoms with E-state index in [2.05, 4.69) is 66.3 Å². The van der Waals surface area contributed by atoms with E-state index < -0.39 is 0 Å². The number of hydrogen-bond donors (Lipinski definition) is 1. The SMILES string of the molecule is CCCCN(Cc1cccn1Cc1ccccc1C)C(=O)Nc1ccccc1. The summed E-state index contributed by atoms with van der Waals surface area (Å²) in [6.07, 6.45) is 4.13. The molecule has 0 fully saturated rings. The minimum absolute atomic E-state index is 0.0525. The molecule has 4 nitrogen and oxygen atoms in total. The fourth-order valence-electron chi connectivity index (χ4n) is 3.24. The maximum absolute atomic E-state index is 12.9. The molecule has 3 rings (SSSR count). The summed E-state index contributed by atoms with van der Waals surface area (Å²) in [6.45, 7) is 6.44. The summed E-state index contributed by atoms with van der Waals surface area (Å²) in [6, 6.07) is 22.2. The van der Waals surface area contributed by atoms with Crippen LogP contribution >= 0.6 is 0 Å². The van der Waals surface area contributed by atoms with Gasteiger partial charge in [-0.15, -0.1) is 0 Å². The number of carbonyl (C=O) groups is 1. The van der Waals surface area contributed by atoms with Gasteiger partial charge in [-0.25, -0.2) is 4.79 Å². The van der Waals surface area contributed by atoms with E-state index in [4.69, 9.17) is 0 Å². The van der Waals surface area contributed by atoms with E-state index in [0.717, 1.165) is 37.3 Å². The van der Waals surface area contributed by atoms with Crippen molar-refractivity contribution < 1.29 is 4.79 Å². The quantitative estimate of drug-likeness (QED) is 0.540. The number of hydrogen-bond acceptors (Lipinski definition) is 1. The minimum atomic E-state index is -0.0525. The lowest BCUT2D eigenvalue weighted by Gasteiger charge is -2.24. The normalized spacial score (nSPS) is 10.6. The second-order valence-corrected chi connectivity index (χ2v) is 7.13. The second-order valence-electron chi connectivity index (χ2n) is 7.13. The minimum Gasteiger partial charge on any atom is -0.345 e. The fourth-order valence-corrected chi connectivity index (χ4v) is 3.24. The zero-order valence-electron chi connectivity index (χ0n) is 16.8. The van der Waals surface area contributed by atoms with Crippen LogP contribution in [0.15, 0.2) is 72.9 Å². The van der Waals surface area contributed by atoms with Gasteiger partial charge in [-0.05, 0) is 48.7 Å². The predicted molar refractivity (Wildman–Crippen MR) is 115 cm³/mol. The number of nitrogens with one attached hydrogen (secondary N) is 1. The van der Waals surface area contributed by atoms with Gasteiger partial charge in [-0.1, -0.05) is 55.8 Å². The van der Waals surface area contributed by atoms with Crippen LogP contribution in [-0.2, 0) is 13.1 Å². The maximum Gasteiger partial charge on any atom is 0.322 e. The molecule has 0 spiro atoms. The number of urea groups is 1. The van der Waals surface area contributed by atoms with Gasteiger partial charge in [0.1, 0.15) is 0 Å². The highest BCUT2D eigenvalue weighted by Gasteiger charge is 2.16. The molecule has 0 radical (unpaired) electrons. The van der Waals surface area contributed by atoms with Crippen LogP contribution in [0.4, 0.5) is 10.5 Å².